The number of halogens is 1. The van der Waals surface area contributed by atoms with E-state index in [0.29, 0.717) is 18.4 Å². The molecule has 5 heteroatoms. The van der Waals surface area contributed by atoms with Crippen molar-refractivity contribution in [3.05, 3.63) is 11.4 Å². The van der Waals surface area contributed by atoms with Crippen molar-refractivity contribution in [1.82, 2.24) is 0 Å². The Morgan fingerprint density at radius 3 is 2.12 bits per heavy atom. The zero-order chi connectivity index (χ0) is 12.6. The van der Waals surface area contributed by atoms with E-state index in [4.69, 9.17) is 4.74 Å². The largest absolute Gasteiger partial charge is 0.466 e. The van der Waals surface area contributed by atoms with Crippen LogP contribution in [0.4, 0.5) is 4.39 Å². The van der Waals surface area contributed by atoms with Crippen LogP contribution >= 0.6 is 0 Å². The molecule has 16 heavy (non-hydrogen) atoms. The van der Waals surface area contributed by atoms with Gasteiger partial charge in [-0.25, -0.2) is 4.39 Å². The number of allylic oxidation sites excluding steroid dienone is 1. The molecule has 0 bridgehead atoms. The molecule has 0 aromatic rings. The summed E-state index contributed by atoms with van der Waals surface area (Å²) in [6, 6.07) is 0. The molecule has 0 aromatic heterocycles. The Kier molecular flexibility index (Phi) is 7.16. The molecule has 0 fully saturated rings. The van der Waals surface area contributed by atoms with Crippen LogP contribution in [0.5, 0.6) is 0 Å². The fraction of sp³-hybridized carbons (Fsp3) is 0.636. The summed E-state index contributed by atoms with van der Waals surface area (Å²) in [4.78, 5) is 20.9. The molecule has 0 radical (unpaired) electrons. The molecule has 0 N–H and O–H groups in total. The highest BCUT2D eigenvalue weighted by Gasteiger charge is 2.04. The van der Waals surface area contributed by atoms with E-state index >= 15 is 0 Å². The van der Waals surface area contributed by atoms with Crippen molar-refractivity contribution >= 4 is 11.9 Å². The van der Waals surface area contributed by atoms with Crippen molar-refractivity contribution in [2.24, 2.45) is 0 Å². The molecule has 0 amide bonds. The lowest BCUT2D eigenvalue weighted by Gasteiger charge is -2.05. The van der Waals surface area contributed by atoms with Crippen molar-refractivity contribution in [2.75, 3.05) is 13.2 Å². The molecular formula is C11H17FO4. The molecule has 0 saturated heterocycles. The highest BCUT2D eigenvalue weighted by atomic mass is 19.1. The highest BCUT2D eigenvalue weighted by molar-refractivity contribution is 5.66. The van der Waals surface area contributed by atoms with Crippen LogP contribution in [-0.2, 0) is 19.1 Å². The lowest BCUT2D eigenvalue weighted by molar-refractivity contribution is -0.141. The van der Waals surface area contributed by atoms with Crippen LogP contribution in [-0.4, -0.2) is 25.2 Å². The van der Waals surface area contributed by atoms with Gasteiger partial charge in [0.05, 0.1) is 6.61 Å². The summed E-state index contributed by atoms with van der Waals surface area (Å²) in [5, 5.41) is 0. The fourth-order valence-corrected chi connectivity index (χ4v) is 0.977. The molecule has 92 valence electrons. The normalized spacial score (nSPS) is 11.8. The molecule has 0 unspecified atom stereocenters. The van der Waals surface area contributed by atoms with E-state index in [1.807, 2.05) is 0 Å². The van der Waals surface area contributed by atoms with Gasteiger partial charge < -0.3 is 9.47 Å². The number of carbonyl (C=O) groups is 2. The first kappa shape index (κ1) is 14.6. The van der Waals surface area contributed by atoms with Crippen molar-refractivity contribution in [1.29, 1.82) is 0 Å². The number of carbonyl (C=O) groups excluding carboxylic acids is 2. The number of esters is 2. The minimum absolute atomic E-state index is 0.271. The maximum Gasteiger partial charge on any atom is 0.303 e. The first-order chi connectivity index (χ1) is 7.43. The standard InChI is InChI=1S/C11H17FO4/c1-8(5-4-6-15-9(2)13)11(12)7-16-10(3)14/h4-7H2,1-3H3. The van der Waals surface area contributed by atoms with Crippen LogP contribution in [0.3, 0.4) is 0 Å². The molecule has 0 atom stereocenters. The van der Waals surface area contributed by atoms with Crippen LogP contribution in [0.2, 0.25) is 0 Å². The Morgan fingerprint density at radius 1 is 1.06 bits per heavy atom. The van der Waals surface area contributed by atoms with Gasteiger partial charge in [-0.2, -0.15) is 0 Å². The van der Waals surface area contributed by atoms with E-state index in [-0.39, 0.29) is 19.2 Å². The Bertz CT molecular complexity index is 284. The second-order valence-electron chi connectivity index (χ2n) is 3.41. The SMILES string of the molecule is CC(=O)OCCCC(C)=C(F)COC(C)=O. The van der Waals surface area contributed by atoms with Gasteiger partial charge in [-0.1, -0.05) is 0 Å². The Balaban J connectivity index is 3.83. The molecular weight excluding hydrogens is 215 g/mol. The number of ether oxygens (including phenoxy) is 2. The molecule has 0 aliphatic rings. The Morgan fingerprint density at radius 2 is 1.62 bits per heavy atom. The summed E-state index contributed by atoms with van der Waals surface area (Å²) < 4.78 is 22.5. The lowest BCUT2D eigenvalue weighted by atomic mass is 10.1. The monoisotopic (exact) mass is 232 g/mol. The minimum Gasteiger partial charge on any atom is -0.466 e. The number of rotatable bonds is 6. The molecule has 0 spiro atoms. The van der Waals surface area contributed by atoms with Gasteiger partial charge in [0, 0.05) is 13.8 Å². The van der Waals surface area contributed by atoms with Gasteiger partial charge in [0.25, 0.3) is 0 Å². The maximum absolute atomic E-state index is 13.2. The quantitative estimate of drug-likeness (QED) is 0.520. The maximum atomic E-state index is 13.2. The third kappa shape index (κ3) is 7.96. The van der Waals surface area contributed by atoms with Gasteiger partial charge >= 0.3 is 11.9 Å². The van der Waals surface area contributed by atoms with Gasteiger partial charge in [0.2, 0.25) is 0 Å². The van der Waals surface area contributed by atoms with E-state index in [1.54, 1.807) is 6.92 Å². The highest BCUT2D eigenvalue weighted by Crippen LogP contribution is 2.12. The van der Waals surface area contributed by atoms with E-state index in [2.05, 4.69) is 4.74 Å². The van der Waals surface area contributed by atoms with Crippen LogP contribution in [0.25, 0.3) is 0 Å². The summed E-state index contributed by atoms with van der Waals surface area (Å²) in [5.74, 6) is -1.30. The summed E-state index contributed by atoms with van der Waals surface area (Å²) in [5.41, 5.74) is 0.508. The third-order valence-corrected chi connectivity index (χ3v) is 1.87. The van der Waals surface area contributed by atoms with E-state index in [1.165, 1.54) is 13.8 Å². The molecule has 0 aromatic carbocycles. The van der Waals surface area contributed by atoms with Crippen LogP contribution < -0.4 is 0 Å². The van der Waals surface area contributed by atoms with Gasteiger partial charge in [0.15, 0.2) is 0 Å². The molecule has 4 nitrogen and oxygen atoms in total. The van der Waals surface area contributed by atoms with Gasteiger partial charge in [-0.3, -0.25) is 9.59 Å². The lowest BCUT2D eigenvalue weighted by Crippen LogP contribution is -2.03. The van der Waals surface area contributed by atoms with Gasteiger partial charge in [-0.05, 0) is 25.3 Å². The topological polar surface area (TPSA) is 52.6 Å². The summed E-state index contributed by atoms with van der Waals surface area (Å²) >= 11 is 0. The van der Waals surface area contributed by atoms with Crippen molar-refractivity contribution in [3.63, 3.8) is 0 Å². The average Bonchev–Trinajstić information content (AvgIpc) is 2.20. The van der Waals surface area contributed by atoms with Crippen LogP contribution in [0, 0.1) is 0 Å². The van der Waals surface area contributed by atoms with Gasteiger partial charge in [0.1, 0.15) is 12.4 Å². The van der Waals surface area contributed by atoms with E-state index in [9.17, 15) is 14.0 Å². The average molecular weight is 232 g/mol. The van der Waals surface area contributed by atoms with Crippen LogP contribution in [0.1, 0.15) is 33.6 Å². The minimum atomic E-state index is -0.511. The fourth-order valence-electron chi connectivity index (χ4n) is 0.977. The first-order valence-corrected chi connectivity index (χ1v) is 5.04. The predicted octanol–water partition coefficient (Wildman–Crippen LogP) is 2.14. The van der Waals surface area contributed by atoms with Crippen molar-refractivity contribution in [2.45, 2.75) is 33.6 Å². The van der Waals surface area contributed by atoms with Crippen LogP contribution in [0.15, 0.2) is 11.4 Å². The molecule has 0 heterocycles. The van der Waals surface area contributed by atoms with E-state index in [0.717, 1.165) is 0 Å². The number of hydrogen-bond acceptors (Lipinski definition) is 4. The second-order valence-corrected chi connectivity index (χ2v) is 3.41. The molecule has 0 aliphatic carbocycles. The van der Waals surface area contributed by atoms with Crippen molar-refractivity contribution in [3.8, 4) is 0 Å². The molecule has 0 saturated carbocycles. The smallest absolute Gasteiger partial charge is 0.303 e. The first-order valence-electron chi connectivity index (χ1n) is 5.04. The van der Waals surface area contributed by atoms with E-state index < -0.39 is 11.8 Å². The summed E-state index contributed by atoms with van der Waals surface area (Å²) in [7, 11) is 0. The second kappa shape index (κ2) is 7.84. The zero-order valence-electron chi connectivity index (χ0n) is 9.84. The zero-order valence-corrected chi connectivity index (χ0v) is 9.84. The van der Waals surface area contributed by atoms with Crippen molar-refractivity contribution < 1.29 is 23.5 Å². The summed E-state index contributed by atoms with van der Waals surface area (Å²) in [6.07, 6.45) is 1.03. The van der Waals surface area contributed by atoms with Gasteiger partial charge in [-0.15, -0.1) is 0 Å². The summed E-state index contributed by atoms with van der Waals surface area (Å²) in [6.45, 7) is 4.11. The molecule has 0 aliphatic heterocycles. The number of hydrogen-bond donors (Lipinski definition) is 0. The predicted molar refractivity (Wildman–Crippen MR) is 56.3 cm³/mol. The Hall–Kier alpha value is -1.39. The third-order valence-electron chi connectivity index (χ3n) is 1.87. The molecule has 0 rings (SSSR count). The Labute approximate surface area is 94.4 Å².